The first-order chi connectivity index (χ1) is 15.9. The molecule has 1 fully saturated rings. The number of hydrogen-bond donors (Lipinski definition) is 3. The van der Waals surface area contributed by atoms with E-state index in [1.165, 1.54) is 12.8 Å². The average molecular weight is 454 g/mol. The Kier molecular flexibility index (Phi) is 7.05. The van der Waals surface area contributed by atoms with Gasteiger partial charge in [0, 0.05) is 24.7 Å². The van der Waals surface area contributed by atoms with Gasteiger partial charge in [0.1, 0.15) is 0 Å². The molecule has 0 atom stereocenters. The molecule has 1 saturated carbocycles. The maximum absolute atomic E-state index is 12.4. The van der Waals surface area contributed by atoms with Gasteiger partial charge in [0.2, 0.25) is 0 Å². The van der Waals surface area contributed by atoms with Gasteiger partial charge in [-0.2, -0.15) is 4.98 Å². The van der Waals surface area contributed by atoms with E-state index in [9.17, 15) is 14.4 Å². The molecule has 0 spiro atoms. The van der Waals surface area contributed by atoms with Crippen molar-refractivity contribution in [3.05, 3.63) is 38.5 Å². The average Bonchev–Trinajstić information content (AvgIpc) is 3.27. The molecule has 3 aliphatic rings. The van der Waals surface area contributed by atoms with E-state index >= 15 is 0 Å². The molecule has 2 aliphatic heterocycles. The summed E-state index contributed by atoms with van der Waals surface area (Å²) in [6.07, 6.45) is 9.22. The molecular formula is C24H31N5O4. The summed E-state index contributed by atoms with van der Waals surface area (Å²) >= 11 is 0. The highest BCUT2D eigenvalue weighted by Gasteiger charge is 2.21. The fourth-order valence-electron chi connectivity index (χ4n) is 4.69. The van der Waals surface area contributed by atoms with Crippen LogP contribution in [-0.2, 0) is 11.3 Å². The zero-order valence-corrected chi connectivity index (χ0v) is 19.0. The van der Waals surface area contributed by atoms with Crippen LogP contribution in [0.3, 0.4) is 0 Å². The van der Waals surface area contributed by atoms with Crippen LogP contribution in [0.5, 0.6) is 0 Å². The van der Waals surface area contributed by atoms with Gasteiger partial charge in [-0.1, -0.05) is 32.1 Å². The van der Waals surface area contributed by atoms with Crippen molar-refractivity contribution in [3.8, 4) is 11.5 Å². The normalized spacial score (nSPS) is 14.3. The Hall–Kier alpha value is -3.23. The van der Waals surface area contributed by atoms with Crippen LogP contribution in [0, 0.1) is 6.92 Å². The molecule has 2 heterocycles. The second kappa shape index (κ2) is 10.1. The van der Waals surface area contributed by atoms with E-state index in [1.807, 2.05) is 17.6 Å². The van der Waals surface area contributed by atoms with Gasteiger partial charge in [0.15, 0.2) is 11.5 Å². The van der Waals surface area contributed by atoms with E-state index in [4.69, 9.17) is 5.11 Å². The summed E-state index contributed by atoms with van der Waals surface area (Å²) in [6.45, 7) is 2.63. The van der Waals surface area contributed by atoms with Gasteiger partial charge in [-0.15, -0.1) is 0 Å². The number of hydrogen-bond acceptors (Lipinski definition) is 6. The van der Waals surface area contributed by atoms with Crippen LogP contribution in [0.4, 0.5) is 5.69 Å². The first kappa shape index (κ1) is 22.9. The molecule has 1 aliphatic carbocycles. The molecule has 9 nitrogen and oxygen atoms in total. The maximum Gasteiger partial charge on any atom is 0.349 e. The van der Waals surface area contributed by atoms with Gasteiger partial charge in [0.25, 0.3) is 5.56 Å². The minimum atomic E-state index is -0.762. The van der Waals surface area contributed by atoms with Gasteiger partial charge in [-0.05, 0) is 50.3 Å². The first-order valence-electron chi connectivity index (χ1n) is 11.9. The number of aromatic amines is 1. The van der Waals surface area contributed by atoms with Crippen LogP contribution in [0.25, 0.3) is 22.6 Å². The van der Waals surface area contributed by atoms with Crippen molar-refractivity contribution < 1.29 is 9.90 Å². The summed E-state index contributed by atoms with van der Waals surface area (Å²) in [6, 6.07) is 4.51. The number of unbranched alkanes of at least 4 members (excludes halogenated alkanes) is 4. The summed E-state index contributed by atoms with van der Waals surface area (Å²) in [5.41, 5.74) is 2.62. The second-order valence-electron chi connectivity index (χ2n) is 9.00. The van der Waals surface area contributed by atoms with Crippen molar-refractivity contribution >= 4 is 22.7 Å². The molecule has 4 rings (SSSR count). The van der Waals surface area contributed by atoms with Crippen molar-refractivity contribution in [1.82, 2.24) is 19.5 Å². The van der Waals surface area contributed by atoms with Crippen molar-refractivity contribution in [2.45, 2.75) is 83.7 Å². The number of nitrogens with zero attached hydrogens (tertiary/aromatic N) is 3. The third-order valence-corrected chi connectivity index (χ3v) is 6.44. The zero-order chi connectivity index (χ0) is 23.4. The molecule has 1 aromatic rings. The Morgan fingerprint density at radius 2 is 1.85 bits per heavy atom. The van der Waals surface area contributed by atoms with Crippen molar-refractivity contribution in [2.75, 3.05) is 5.32 Å². The molecule has 176 valence electrons. The summed E-state index contributed by atoms with van der Waals surface area (Å²) in [5, 5.41) is 12.4. The number of aromatic nitrogens is 4. The van der Waals surface area contributed by atoms with Crippen LogP contribution in [0.2, 0.25) is 0 Å². The second-order valence-corrected chi connectivity index (χ2v) is 9.00. The standard InChI is InChI=1S/C24H31N5O4/c1-15-13-18-19(14-17(15)25-16-9-6-7-10-16)29(12-8-4-2-3-5-11-20(30)31)22-21(26-18)23(32)28-24(33)27-22/h13-14,16,25H,2-12H2,1H3,(H,30,31)(H,28,32,33). The van der Waals surface area contributed by atoms with Gasteiger partial charge >= 0.3 is 11.7 Å². The number of aryl methyl sites for hydroxylation is 2. The maximum atomic E-state index is 12.4. The third kappa shape index (κ3) is 5.40. The van der Waals surface area contributed by atoms with Crippen LogP contribution in [0.15, 0.2) is 21.7 Å². The number of carboxylic acid groups (broad SMARTS) is 1. The lowest BCUT2D eigenvalue weighted by atomic mass is 10.1. The van der Waals surface area contributed by atoms with Crippen LogP contribution in [-0.4, -0.2) is 36.6 Å². The highest BCUT2D eigenvalue weighted by Crippen LogP contribution is 2.29. The Morgan fingerprint density at radius 3 is 2.61 bits per heavy atom. The van der Waals surface area contributed by atoms with Gasteiger partial charge < -0.3 is 15.0 Å². The lowest BCUT2D eigenvalue weighted by Crippen LogP contribution is -2.29. The van der Waals surface area contributed by atoms with E-state index < -0.39 is 17.2 Å². The third-order valence-electron chi connectivity index (χ3n) is 6.44. The van der Waals surface area contributed by atoms with E-state index in [2.05, 4.69) is 26.3 Å². The molecule has 0 amide bonds. The van der Waals surface area contributed by atoms with Gasteiger partial charge in [-0.25, -0.2) is 9.78 Å². The topological polar surface area (TPSA) is 130 Å². The molecule has 0 unspecified atom stereocenters. The zero-order valence-electron chi connectivity index (χ0n) is 19.0. The number of fused-ring (bicyclic) bond motifs is 2. The molecule has 0 radical (unpaired) electrons. The van der Waals surface area contributed by atoms with Crippen LogP contribution in [0.1, 0.15) is 69.8 Å². The molecule has 1 aromatic carbocycles. The Balaban J connectivity index is 1.65. The minimum Gasteiger partial charge on any atom is -0.481 e. The Bertz CT molecular complexity index is 1230. The quantitative estimate of drug-likeness (QED) is 0.315. The fraction of sp³-hybridized carbons (Fsp3) is 0.542. The number of aliphatic carboxylic acids is 1. The van der Waals surface area contributed by atoms with Gasteiger partial charge in [0.05, 0.1) is 11.0 Å². The molecule has 0 bridgehead atoms. The Morgan fingerprint density at radius 1 is 1.12 bits per heavy atom. The highest BCUT2D eigenvalue weighted by atomic mass is 16.4. The molecule has 0 aromatic heterocycles. The molecule has 3 N–H and O–H groups in total. The summed E-state index contributed by atoms with van der Waals surface area (Å²) in [7, 11) is 0. The van der Waals surface area contributed by atoms with E-state index in [1.54, 1.807) is 0 Å². The molecule has 0 saturated heterocycles. The van der Waals surface area contributed by atoms with Crippen molar-refractivity contribution in [2.24, 2.45) is 0 Å². The van der Waals surface area contributed by atoms with Crippen molar-refractivity contribution in [3.63, 3.8) is 0 Å². The number of nitrogens with one attached hydrogen (secondary N) is 2. The fourth-order valence-corrected chi connectivity index (χ4v) is 4.69. The number of benzene rings is 1. The predicted molar refractivity (Wildman–Crippen MR) is 127 cm³/mol. The first-order valence-corrected chi connectivity index (χ1v) is 11.9. The summed E-state index contributed by atoms with van der Waals surface area (Å²) in [5.74, 6) is -0.458. The van der Waals surface area contributed by atoms with Crippen LogP contribution >= 0.6 is 0 Å². The number of carbonyl (C=O) groups is 1. The monoisotopic (exact) mass is 453 g/mol. The van der Waals surface area contributed by atoms with Crippen LogP contribution < -0.4 is 16.6 Å². The number of carboxylic acids is 1. The van der Waals surface area contributed by atoms with E-state index in [0.29, 0.717) is 30.3 Å². The lowest BCUT2D eigenvalue weighted by molar-refractivity contribution is -0.137. The molecule has 9 heteroatoms. The highest BCUT2D eigenvalue weighted by molar-refractivity contribution is 5.84. The van der Waals surface area contributed by atoms with Gasteiger partial charge in [-0.3, -0.25) is 14.6 Å². The largest absolute Gasteiger partial charge is 0.481 e. The predicted octanol–water partition coefficient (Wildman–Crippen LogP) is 3.67. The molecule has 33 heavy (non-hydrogen) atoms. The summed E-state index contributed by atoms with van der Waals surface area (Å²) < 4.78 is 1.94. The molecular weight excluding hydrogens is 422 g/mol. The van der Waals surface area contributed by atoms with E-state index in [-0.39, 0.29) is 12.1 Å². The number of rotatable bonds is 10. The summed E-state index contributed by atoms with van der Waals surface area (Å²) in [4.78, 5) is 46.0. The minimum absolute atomic E-state index is 0.166. The van der Waals surface area contributed by atoms with Crippen molar-refractivity contribution in [1.29, 1.82) is 0 Å². The number of anilines is 1. The number of H-pyrrole nitrogens is 1. The van der Waals surface area contributed by atoms with E-state index in [0.717, 1.165) is 55.3 Å². The SMILES string of the molecule is Cc1cc2nc3c(=O)[nH]c(=O)nc-3n(CCCCCCCC(=O)O)c2cc1NC1CCCC1. The smallest absolute Gasteiger partial charge is 0.349 e. The Labute approximate surface area is 191 Å². The lowest BCUT2D eigenvalue weighted by Gasteiger charge is -2.20.